The minimum atomic E-state index is -3.88. The Morgan fingerprint density at radius 2 is 2.14 bits per heavy atom. The minimum Gasteiger partial charge on any atom is -0.369 e. The first-order chi connectivity index (χ1) is 9.82. The summed E-state index contributed by atoms with van der Waals surface area (Å²) in [4.78, 5) is 11.0. The molecule has 1 aromatic rings. The van der Waals surface area contributed by atoms with Crippen LogP contribution in [-0.2, 0) is 14.8 Å². The average Bonchev–Trinajstić information content (AvgIpc) is 2.42. The lowest BCUT2D eigenvalue weighted by Crippen LogP contribution is -2.39. The number of hydrogen-bond donors (Lipinski definition) is 1. The summed E-state index contributed by atoms with van der Waals surface area (Å²) in [6.07, 6.45) is 1.38. The van der Waals surface area contributed by atoms with Crippen molar-refractivity contribution in [2.75, 3.05) is 13.1 Å². The van der Waals surface area contributed by atoms with Gasteiger partial charge in [0.1, 0.15) is 6.07 Å². The highest BCUT2D eigenvalue weighted by Gasteiger charge is 2.26. The Morgan fingerprint density at radius 1 is 1.48 bits per heavy atom. The highest BCUT2D eigenvalue weighted by Crippen LogP contribution is 2.23. The van der Waals surface area contributed by atoms with Crippen molar-refractivity contribution < 1.29 is 13.2 Å². The second-order valence-corrected chi connectivity index (χ2v) is 6.76. The number of carbonyl (C=O) groups is 1. The SMILES string of the molecule is CCCCN(CC(N)=O)S(=O)(=O)c1ccc(C#N)c(Cl)c1. The zero-order valence-corrected chi connectivity index (χ0v) is 13.1. The van der Waals surface area contributed by atoms with E-state index >= 15 is 0 Å². The molecule has 2 N–H and O–H groups in total. The van der Waals surface area contributed by atoms with Crippen molar-refractivity contribution >= 4 is 27.5 Å². The van der Waals surface area contributed by atoms with E-state index in [0.717, 1.165) is 10.7 Å². The molecule has 0 aliphatic rings. The van der Waals surface area contributed by atoms with Crippen molar-refractivity contribution in [1.82, 2.24) is 4.31 Å². The fourth-order valence-electron chi connectivity index (χ4n) is 1.69. The fraction of sp³-hybridized carbons (Fsp3) is 0.385. The van der Waals surface area contributed by atoms with Gasteiger partial charge in [0, 0.05) is 6.54 Å². The maximum Gasteiger partial charge on any atom is 0.243 e. The number of amides is 1. The van der Waals surface area contributed by atoms with E-state index in [0.29, 0.717) is 6.42 Å². The molecule has 8 heteroatoms. The van der Waals surface area contributed by atoms with Crippen molar-refractivity contribution in [1.29, 1.82) is 5.26 Å². The van der Waals surface area contributed by atoms with Gasteiger partial charge >= 0.3 is 0 Å². The minimum absolute atomic E-state index is 0.0492. The highest BCUT2D eigenvalue weighted by atomic mass is 35.5. The first kappa shape index (κ1) is 17.4. The summed E-state index contributed by atoms with van der Waals surface area (Å²) in [7, 11) is -3.88. The van der Waals surface area contributed by atoms with Crippen LogP contribution in [0.4, 0.5) is 0 Å². The Morgan fingerprint density at radius 3 is 2.62 bits per heavy atom. The number of halogens is 1. The van der Waals surface area contributed by atoms with Gasteiger partial charge in [-0.05, 0) is 24.6 Å². The van der Waals surface area contributed by atoms with E-state index in [4.69, 9.17) is 22.6 Å². The summed E-state index contributed by atoms with van der Waals surface area (Å²) in [6, 6.07) is 5.68. The Bertz CT molecular complexity index is 668. The summed E-state index contributed by atoms with van der Waals surface area (Å²) in [5.74, 6) is -0.727. The Kier molecular flexibility index (Phi) is 6.15. The molecule has 0 saturated carbocycles. The van der Waals surface area contributed by atoms with E-state index in [9.17, 15) is 13.2 Å². The molecule has 114 valence electrons. The average molecular weight is 330 g/mol. The molecule has 21 heavy (non-hydrogen) atoms. The van der Waals surface area contributed by atoms with Crippen LogP contribution >= 0.6 is 11.6 Å². The molecule has 0 bridgehead atoms. The van der Waals surface area contributed by atoms with Crippen molar-refractivity contribution in [2.24, 2.45) is 5.73 Å². The predicted octanol–water partition coefficient (Wildman–Crippen LogP) is 1.49. The molecule has 1 rings (SSSR count). The number of hydrogen-bond acceptors (Lipinski definition) is 4. The topological polar surface area (TPSA) is 104 Å². The van der Waals surface area contributed by atoms with Gasteiger partial charge in [0.15, 0.2) is 0 Å². The van der Waals surface area contributed by atoms with Gasteiger partial charge in [-0.15, -0.1) is 0 Å². The lowest BCUT2D eigenvalue weighted by atomic mass is 10.2. The number of sulfonamides is 1. The molecule has 0 fully saturated rings. The van der Waals surface area contributed by atoms with Crippen molar-refractivity contribution in [3.05, 3.63) is 28.8 Å². The number of rotatable bonds is 7. The van der Waals surface area contributed by atoms with E-state index in [-0.39, 0.29) is 28.6 Å². The van der Waals surface area contributed by atoms with E-state index < -0.39 is 15.9 Å². The number of carbonyl (C=O) groups excluding carboxylic acids is 1. The van der Waals surface area contributed by atoms with Crippen LogP contribution in [0.3, 0.4) is 0 Å². The van der Waals surface area contributed by atoms with E-state index in [1.165, 1.54) is 18.2 Å². The van der Waals surface area contributed by atoms with Gasteiger partial charge in [-0.1, -0.05) is 24.9 Å². The molecular formula is C13H16ClN3O3S. The highest BCUT2D eigenvalue weighted by molar-refractivity contribution is 7.89. The lowest BCUT2D eigenvalue weighted by Gasteiger charge is -2.20. The number of nitrogens with zero attached hydrogens (tertiary/aromatic N) is 2. The zero-order chi connectivity index (χ0) is 16.0. The number of nitriles is 1. The smallest absolute Gasteiger partial charge is 0.243 e. The number of unbranched alkanes of at least 4 members (excludes halogenated alkanes) is 1. The number of benzene rings is 1. The molecule has 0 aromatic heterocycles. The normalized spacial score (nSPS) is 11.3. The molecule has 1 aromatic carbocycles. The first-order valence-electron chi connectivity index (χ1n) is 6.31. The fourth-order valence-corrected chi connectivity index (χ4v) is 3.45. The third kappa shape index (κ3) is 4.43. The van der Waals surface area contributed by atoms with Crippen LogP contribution in [0.25, 0.3) is 0 Å². The lowest BCUT2D eigenvalue weighted by molar-refractivity contribution is -0.118. The van der Waals surface area contributed by atoms with Gasteiger partial charge in [0.05, 0.1) is 22.0 Å². The molecule has 1 amide bonds. The van der Waals surface area contributed by atoms with Crippen molar-refractivity contribution in [2.45, 2.75) is 24.7 Å². The quantitative estimate of drug-likeness (QED) is 0.818. The maximum atomic E-state index is 12.5. The Labute approximate surface area is 129 Å². The van der Waals surface area contributed by atoms with Crippen LogP contribution in [0.15, 0.2) is 23.1 Å². The second kappa shape index (κ2) is 7.41. The molecule has 0 aliphatic carbocycles. The van der Waals surface area contributed by atoms with E-state index in [1.807, 2.05) is 13.0 Å². The molecule has 6 nitrogen and oxygen atoms in total. The van der Waals surface area contributed by atoms with Crippen molar-refractivity contribution in [3.63, 3.8) is 0 Å². The van der Waals surface area contributed by atoms with E-state index in [2.05, 4.69) is 0 Å². The van der Waals surface area contributed by atoms with E-state index in [1.54, 1.807) is 0 Å². The van der Waals surface area contributed by atoms with Crippen LogP contribution in [0, 0.1) is 11.3 Å². The predicted molar refractivity (Wildman–Crippen MR) is 79.0 cm³/mol. The van der Waals surface area contributed by atoms with Crippen molar-refractivity contribution in [3.8, 4) is 6.07 Å². The van der Waals surface area contributed by atoms with Gasteiger partial charge in [-0.25, -0.2) is 8.42 Å². The van der Waals surface area contributed by atoms with Crippen LogP contribution in [0.5, 0.6) is 0 Å². The standard InChI is InChI=1S/C13H16ClN3O3S/c1-2-3-6-17(9-13(16)18)21(19,20)11-5-4-10(8-15)12(14)7-11/h4-5,7H,2-3,6,9H2,1H3,(H2,16,18). The summed E-state index contributed by atoms with van der Waals surface area (Å²) >= 11 is 5.85. The summed E-state index contributed by atoms with van der Waals surface area (Å²) in [5, 5.41) is 8.85. The largest absolute Gasteiger partial charge is 0.369 e. The Balaban J connectivity index is 3.18. The molecule has 0 unspecified atom stereocenters. The number of primary amides is 1. The first-order valence-corrected chi connectivity index (χ1v) is 8.12. The van der Waals surface area contributed by atoms with Crippen LogP contribution in [-0.4, -0.2) is 31.7 Å². The molecular weight excluding hydrogens is 314 g/mol. The van der Waals surface area contributed by atoms with Gasteiger partial charge in [-0.3, -0.25) is 4.79 Å². The van der Waals surface area contributed by atoms with Gasteiger partial charge in [0.2, 0.25) is 15.9 Å². The number of nitrogens with two attached hydrogens (primary N) is 1. The van der Waals surface area contributed by atoms with Gasteiger partial charge in [0.25, 0.3) is 0 Å². The third-order valence-electron chi connectivity index (χ3n) is 2.79. The monoisotopic (exact) mass is 329 g/mol. The summed E-state index contributed by atoms with van der Waals surface area (Å²) in [6.45, 7) is 1.72. The molecule has 0 spiro atoms. The second-order valence-electron chi connectivity index (χ2n) is 4.41. The molecule has 0 heterocycles. The molecule has 0 radical (unpaired) electrons. The molecule has 0 saturated heterocycles. The van der Waals surface area contributed by atoms with Gasteiger partial charge < -0.3 is 5.73 Å². The van der Waals surface area contributed by atoms with Crippen LogP contribution < -0.4 is 5.73 Å². The maximum absolute atomic E-state index is 12.5. The van der Waals surface area contributed by atoms with Crippen LogP contribution in [0.2, 0.25) is 5.02 Å². The summed E-state index contributed by atoms with van der Waals surface area (Å²) in [5.41, 5.74) is 5.29. The van der Waals surface area contributed by atoms with Crippen LogP contribution in [0.1, 0.15) is 25.3 Å². The van der Waals surface area contributed by atoms with Gasteiger partial charge in [-0.2, -0.15) is 9.57 Å². The zero-order valence-electron chi connectivity index (χ0n) is 11.5. The molecule has 0 aliphatic heterocycles. The third-order valence-corrected chi connectivity index (χ3v) is 4.95. The Hall–Kier alpha value is -1.62. The summed E-state index contributed by atoms with van der Waals surface area (Å²) < 4.78 is 26.0. The molecule has 0 atom stereocenters.